The molecule has 0 saturated heterocycles. The van der Waals surface area contributed by atoms with E-state index in [0.29, 0.717) is 18.7 Å². The van der Waals surface area contributed by atoms with E-state index < -0.39 is 0 Å². The zero-order chi connectivity index (χ0) is 18.2. The lowest BCUT2D eigenvalue weighted by molar-refractivity contribution is -0.130. The van der Waals surface area contributed by atoms with Gasteiger partial charge in [0.2, 0.25) is 5.91 Å². The van der Waals surface area contributed by atoms with E-state index in [1.54, 1.807) is 7.05 Å². The van der Waals surface area contributed by atoms with Crippen molar-refractivity contribution in [3.8, 4) is 0 Å². The van der Waals surface area contributed by atoms with Crippen LogP contribution in [0.25, 0.3) is 0 Å². The molecule has 2 rings (SSSR count). The van der Waals surface area contributed by atoms with Gasteiger partial charge in [0.1, 0.15) is 0 Å². The normalized spacial score (nSPS) is 14.2. The molecule has 1 N–H and O–H groups in total. The highest BCUT2D eigenvalue weighted by molar-refractivity contribution is 5.93. The number of likely N-dealkylation sites (N-methyl/N-ethyl adjacent to an activating group) is 2. The summed E-state index contributed by atoms with van der Waals surface area (Å²) < 4.78 is 0. The highest BCUT2D eigenvalue weighted by atomic mass is 16.2. The van der Waals surface area contributed by atoms with E-state index in [4.69, 9.17) is 0 Å². The Balaban J connectivity index is 1.92. The first-order valence-corrected chi connectivity index (χ1v) is 9.04. The van der Waals surface area contributed by atoms with Crippen LogP contribution < -0.4 is 5.32 Å². The molecule has 25 heavy (non-hydrogen) atoms. The Bertz CT molecular complexity index is 622. The van der Waals surface area contributed by atoms with Crippen molar-refractivity contribution in [1.29, 1.82) is 0 Å². The average Bonchev–Trinajstić information content (AvgIpc) is 2.63. The van der Waals surface area contributed by atoms with Gasteiger partial charge in [-0.3, -0.25) is 14.5 Å². The zero-order valence-corrected chi connectivity index (χ0v) is 15.5. The highest BCUT2D eigenvalue weighted by Gasteiger charge is 2.19. The molecule has 0 radical (unpaired) electrons. The van der Waals surface area contributed by atoms with E-state index in [9.17, 15) is 9.59 Å². The standard InChI is InChI=1S/C20H29N3O2/c1-4-23(18-8-6-5-7-9-18)19(24)15-22(3)14-16-10-12-17(13-11-16)20(25)21-2/h8,10-13H,4-7,9,14-15H2,1-3H3,(H,21,25). The van der Waals surface area contributed by atoms with Gasteiger partial charge in [-0.05, 0) is 57.4 Å². The fraction of sp³-hybridized carbons (Fsp3) is 0.500. The number of nitrogens with one attached hydrogen (secondary N) is 1. The topological polar surface area (TPSA) is 52.7 Å². The van der Waals surface area contributed by atoms with Gasteiger partial charge in [0.15, 0.2) is 0 Å². The van der Waals surface area contributed by atoms with Crippen molar-refractivity contribution < 1.29 is 9.59 Å². The molecule has 0 fully saturated rings. The van der Waals surface area contributed by atoms with Crippen molar-refractivity contribution in [3.63, 3.8) is 0 Å². The molecule has 0 spiro atoms. The van der Waals surface area contributed by atoms with E-state index in [2.05, 4.69) is 11.4 Å². The minimum atomic E-state index is -0.0885. The summed E-state index contributed by atoms with van der Waals surface area (Å²) in [6.45, 7) is 3.82. The lowest BCUT2D eigenvalue weighted by Gasteiger charge is -2.28. The number of benzene rings is 1. The second kappa shape index (κ2) is 9.37. The Morgan fingerprint density at radius 2 is 1.88 bits per heavy atom. The summed E-state index contributed by atoms with van der Waals surface area (Å²) in [6.07, 6.45) is 6.68. The number of carbonyl (C=O) groups excluding carboxylic acids is 2. The molecule has 0 heterocycles. The van der Waals surface area contributed by atoms with Crippen LogP contribution in [-0.2, 0) is 11.3 Å². The van der Waals surface area contributed by atoms with Crippen LogP contribution in [0.4, 0.5) is 0 Å². The maximum atomic E-state index is 12.6. The largest absolute Gasteiger partial charge is 0.355 e. The van der Waals surface area contributed by atoms with E-state index in [-0.39, 0.29) is 11.8 Å². The summed E-state index contributed by atoms with van der Waals surface area (Å²) in [5.74, 6) is 0.0644. The summed E-state index contributed by atoms with van der Waals surface area (Å²) in [4.78, 5) is 28.2. The monoisotopic (exact) mass is 343 g/mol. The number of carbonyl (C=O) groups is 2. The SMILES string of the molecule is CCN(C(=O)CN(C)Cc1ccc(C(=O)NC)cc1)C1=CCCCC1. The third-order valence-electron chi connectivity index (χ3n) is 4.53. The second-order valence-corrected chi connectivity index (χ2v) is 6.53. The van der Waals surface area contributed by atoms with Crippen molar-refractivity contribution in [3.05, 3.63) is 47.2 Å². The van der Waals surface area contributed by atoms with Crippen LogP contribution in [-0.4, -0.2) is 48.8 Å². The molecule has 0 atom stereocenters. The molecule has 0 aliphatic heterocycles. The van der Waals surface area contributed by atoms with Crippen LogP contribution in [0, 0.1) is 0 Å². The second-order valence-electron chi connectivity index (χ2n) is 6.53. The molecular weight excluding hydrogens is 314 g/mol. The van der Waals surface area contributed by atoms with Gasteiger partial charge in [0.05, 0.1) is 6.54 Å². The molecule has 0 bridgehead atoms. The minimum absolute atomic E-state index is 0.0885. The van der Waals surface area contributed by atoms with Gasteiger partial charge in [-0.25, -0.2) is 0 Å². The predicted octanol–water partition coefficient (Wildman–Crippen LogP) is 2.78. The number of hydrogen-bond donors (Lipinski definition) is 1. The van der Waals surface area contributed by atoms with Gasteiger partial charge in [-0.15, -0.1) is 0 Å². The summed E-state index contributed by atoms with van der Waals surface area (Å²) >= 11 is 0. The number of rotatable bonds is 7. The molecule has 1 aliphatic rings. The van der Waals surface area contributed by atoms with Crippen molar-refractivity contribution >= 4 is 11.8 Å². The van der Waals surface area contributed by atoms with Crippen LogP contribution in [0.5, 0.6) is 0 Å². The van der Waals surface area contributed by atoms with Gasteiger partial charge < -0.3 is 10.2 Å². The Kier molecular flexibility index (Phi) is 7.19. The molecular formula is C20H29N3O2. The summed E-state index contributed by atoms with van der Waals surface area (Å²) in [7, 11) is 3.57. The fourth-order valence-electron chi connectivity index (χ4n) is 3.20. The predicted molar refractivity (Wildman–Crippen MR) is 100 cm³/mol. The zero-order valence-electron chi connectivity index (χ0n) is 15.5. The maximum Gasteiger partial charge on any atom is 0.251 e. The summed E-state index contributed by atoms with van der Waals surface area (Å²) in [5.41, 5.74) is 2.91. The molecule has 0 aromatic heterocycles. The van der Waals surface area contributed by atoms with Crippen LogP contribution in [0.1, 0.15) is 48.5 Å². The van der Waals surface area contributed by atoms with Crippen molar-refractivity contribution in [2.45, 2.75) is 39.2 Å². The van der Waals surface area contributed by atoms with Gasteiger partial charge in [0.25, 0.3) is 5.91 Å². The van der Waals surface area contributed by atoms with Crippen LogP contribution in [0.3, 0.4) is 0 Å². The lowest BCUT2D eigenvalue weighted by Crippen LogP contribution is -2.38. The first-order chi connectivity index (χ1) is 12.0. The summed E-state index contributed by atoms with van der Waals surface area (Å²) in [6, 6.07) is 7.50. The maximum absolute atomic E-state index is 12.6. The molecule has 0 saturated carbocycles. The molecule has 0 unspecified atom stereocenters. The smallest absolute Gasteiger partial charge is 0.251 e. The van der Waals surface area contributed by atoms with Crippen LogP contribution in [0.15, 0.2) is 36.0 Å². The number of amides is 2. The first kappa shape index (κ1) is 19.2. The lowest BCUT2D eigenvalue weighted by atomic mass is 10.0. The Labute approximate surface area is 150 Å². The van der Waals surface area contributed by atoms with Gasteiger partial charge in [-0.1, -0.05) is 18.2 Å². The van der Waals surface area contributed by atoms with E-state index in [1.807, 2.05) is 48.0 Å². The van der Waals surface area contributed by atoms with Crippen LogP contribution in [0.2, 0.25) is 0 Å². The molecule has 1 aromatic carbocycles. The molecule has 1 aliphatic carbocycles. The molecule has 136 valence electrons. The average molecular weight is 343 g/mol. The first-order valence-electron chi connectivity index (χ1n) is 9.04. The van der Waals surface area contributed by atoms with Gasteiger partial charge in [0, 0.05) is 31.4 Å². The minimum Gasteiger partial charge on any atom is -0.355 e. The van der Waals surface area contributed by atoms with Crippen LogP contribution >= 0.6 is 0 Å². The fourth-order valence-corrected chi connectivity index (χ4v) is 3.20. The quantitative estimate of drug-likeness (QED) is 0.828. The molecule has 2 amide bonds. The van der Waals surface area contributed by atoms with E-state index >= 15 is 0 Å². The highest BCUT2D eigenvalue weighted by Crippen LogP contribution is 2.21. The van der Waals surface area contributed by atoms with Crippen molar-refractivity contribution in [1.82, 2.24) is 15.1 Å². The molecule has 1 aromatic rings. The summed E-state index contributed by atoms with van der Waals surface area (Å²) in [5, 5.41) is 2.61. The van der Waals surface area contributed by atoms with Crippen molar-refractivity contribution in [2.75, 3.05) is 27.2 Å². The number of allylic oxidation sites excluding steroid dienone is 2. The third kappa shape index (κ3) is 5.43. The van der Waals surface area contributed by atoms with E-state index in [1.165, 1.54) is 18.5 Å². The Morgan fingerprint density at radius 3 is 2.44 bits per heavy atom. The number of nitrogens with zero attached hydrogens (tertiary/aromatic N) is 2. The number of hydrogen-bond acceptors (Lipinski definition) is 3. The molecule has 5 nitrogen and oxygen atoms in total. The third-order valence-corrected chi connectivity index (χ3v) is 4.53. The van der Waals surface area contributed by atoms with Crippen molar-refractivity contribution in [2.24, 2.45) is 0 Å². The van der Waals surface area contributed by atoms with Gasteiger partial charge >= 0.3 is 0 Å². The van der Waals surface area contributed by atoms with E-state index in [0.717, 1.165) is 24.9 Å². The Hall–Kier alpha value is -2.14. The van der Waals surface area contributed by atoms with Gasteiger partial charge in [-0.2, -0.15) is 0 Å². The molecule has 5 heteroatoms. The Morgan fingerprint density at radius 1 is 1.16 bits per heavy atom.